The second-order valence-corrected chi connectivity index (χ2v) is 7.25. The topological polar surface area (TPSA) is 87.7 Å². The molecule has 28 heavy (non-hydrogen) atoms. The van der Waals surface area contributed by atoms with Gasteiger partial charge in [0.2, 0.25) is 0 Å². The van der Waals surface area contributed by atoms with E-state index in [9.17, 15) is 9.59 Å². The Bertz CT molecular complexity index is 1000. The molecule has 2 N–H and O–H groups in total. The number of furan rings is 2. The first-order valence-corrected chi connectivity index (χ1v) is 9.82. The van der Waals surface area contributed by atoms with E-state index in [1.807, 2.05) is 12.1 Å². The molecule has 3 aromatic rings. The van der Waals surface area contributed by atoms with Crippen LogP contribution in [0.15, 0.2) is 43.6 Å². The van der Waals surface area contributed by atoms with E-state index in [-0.39, 0.29) is 11.5 Å². The Labute approximate surface area is 171 Å². The molecule has 0 fully saturated rings. The Morgan fingerprint density at radius 1 is 1.04 bits per heavy atom. The van der Waals surface area contributed by atoms with Gasteiger partial charge in [-0.25, -0.2) is 0 Å². The van der Waals surface area contributed by atoms with Crippen LogP contribution in [0.5, 0.6) is 0 Å². The highest BCUT2D eigenvalue weighted by atomic mass is 79.9. The van der Waals surface area contributed by atoms with Gasteiger partial charge in [-0.05, 0) is 50.3 Å². The van der Waals surface area contributed by atoms with Crippen molar-refractivity contribution in [1.29, 1.82) is 0 Å². The van der Waals surface area contributed by atoms with Crippen molar-refractivity contribution in [2.24, 2.45) is 0 Å². The van der Waals surface area contributed by atoms with Crippen molar-refractivity contribution in [3.63, 3.8) is 0 Å². The highest BCUT2D eigenvalue weighted by Crippen LogP contribution is 2.27. The number of fused-ring (bicyclic) bond motifs is 1. The molecule has 0 unspecified atom stereocenters. The Hall–Kier alpha value is -2.58. The van der Waals surface area contributed by atoms with E-state index in [1.165, 1.54) is 0 Å². The number of nitrogens with one attached hydrogen (secondary N) is 2. The number of hydrogen-bond donors (Lipinski definition) is 2. The maximum atomic E-state index is 12.4. The van der Waals surface area contributed by atoms with Gasteiger partial charge in [0, 0.05) is 15.4 Å². The largest absolute Gasteiger partial charge is 0.454 e. The highest BCUT2D eigenvalue weighted by Gasteiger charge is 2.19. The lowest BCUT2D eigenvalue weighted by molar-refractivity contribution is 0.0816. The minimum atomic E-state index is -0.534. The van der Waals surface area contributed by atoms with Crippen molar-refractivity contribution in [3.05, 3.63) is 57.6 Å². The molecule has 148 valence electrons. The van der Waals surface area contributed by atoms with E-state index in [4.69, 9.17) is 8.83 Å². The molecule has 0 atom stereocenters. The maximum Gasteiger partial charge on any atom is 0.305 e. The molecule has 0 spiro atoms. The lowest BCUT2D eigenvalue weighted by Crippen LogP contribution is -2.41. The molecule has 0 aliphatic carbocycles. The third-order valence-electron chi connectivity index (χ3n) is 4.55. The summed E-state index contributed by atoms with van der Waals surface area (Å²) in [5.41, 5.74) is 6.03. The number of hydrazine groups is 1. The second kappa shape index (κ2) is 8.62. The Morgan fingerprint density at radius 3 is 2.46 bits per heavy atom. The molecule has 3 rings (SSSR count). The molecule has 0 saturated heterocycles. The van der Waals surface area contributed by atoms with E-state index in [0.29, 0.717) is 23.5 Å². The van der Waals surface area contributed by atoms with Crippen LogP contribution in [0.25, 0.3) is 11.0 Å². The number of rotatable bonds is 6. The van der Waals surface area contributed by atoms with E-state index in [1.54, 1.807) is 25.1 Å². The first-order chi connectivity index (χ1) is 13.4. The summed E-state index contributed by atoms with van der Waals surface area (Å²) in [6.45, 7) is 8.33. The van der Waals surface area contributed by atoms with Crippen LogP contribution in [-0.2, 0) is 6.54 Å². The molecule has 0 radical (unpaired) electrons. The van der Waals surface area contributed by atoms with Crippen LogP contribution in [0.4, 0.5) is 0 Å². The number of aryl methyl sites for hydroxylation is 1. The molecule has 8 heteroatoms. The van der Waals surface area contributed by atoms with Gasteiger partial charge >= 0.3 is 11.8 Å². The minimum absolute atomic E-state index is 0.132. The third-order valence-corrected chi connectivity index (χ3v) is 5.05. The molecule has 2 amide bonds. The van der Waals surface area contributed by atoms with Gasteiger partial charge in [-0.15, -0.1) is 0 Å². The zero-order valence-corrected chi connectivity index (χ0v) is 17.6. The fourth-order valence-corrected chi connectivity index (χ4v) is 3.26. The van der Waals surface area contributed by atoms with Crippen LogP contribution < -0.4 is 10.9 Å². The number of nitrogens with zero attached hydrogens (tertiary/aromatic N) is 1. The molecular formula is C20H22BrN3O4. The number of amides is 2. The fourth-order valence-electron chi connectivity index (χ4n) is 2.89. The zero-order valence-electron chi connectivity index (χ0n) is 16.0. The Balaban J connectivity index is 1.64. The average Bonchev–Trinajstić information content (AvgIpc) is 3.29. The van der Waals surface area contributed by atoms with Gasteiger partial charge < -0.3 is 8.83 Å². The molecule has 0 aliphatic rings. The third kappa shape index (κ3) is 4.28. The lowest BCUT2D eigenvalue weighted by Gasteiger charge is -2.15. The van der Waals surface area contributed by atoms with Crippen LogP contribution >= 0.6 is 15.9 Å². The van der Waals surface area contributed by atoms with Crippen molar-refractivity contribution in [3.8, 4) is 0 Å². The van der Waals surface area contributed by atoms with Crippen LogP contribution in [0, 0.1) is 6.92 Å². The van der Waals surface area contributed by atoms with Gasteiger partial charge in [0.1, 0.15) is 11.3 Å². The van der Waals surface area contributed by atoms with Gasteiger partial charge in [-0.3, -0.25) is 25.3 Å². The van der Waals surface area contributed by atoms with E-state index >= 15 is 0 Å². The smallest absolute Gasteiger partial charge is 0.305 e. The molecule has 0 aliphatic heterocycles. The standard InChI is InChI=1S/C20H22BrN3O4/c1-4-24(5-2)11-14-7-9-17(27-14)19(25)22-23-20(26)18-12(3)15-10-13(21)6-8-16(15)28-18/h6-10H,4-5,11H2,1-3H3,(H,22,25)(H,23,26). The normalized spacial score (nSPS) is 11.2. The quantitative estimate of drug-likeness (QED) is 0.557. The number of halogens is 1. The van der Waals surface area contributed by atoms with Gasteiger partial charge in [0.25, 0.3) is 0 Å². The number of benzene rings is 1. The van der Waals surface area contributed by atoms with Gasteiger partial charge in [-0.1, -0.05) is 29.8 Å². The molecule has 2 heterocycles. The number of carbonyl (C=O) groups excluding carboxylic acids is 2. The molecule has 1 aromatic carbocycles. The van der Waals surface area contributed by atoms with Crippen molar-refractivity contribution in [2.45, 2.75) is 27.3 Å². The summed E-state index contributed by atoms with van der Waals surface area (Å²) in [7, 11) is 0. The molecule has 0 bridgehead atoms. The summed E-state index contributed by atoms with van der Waals surface area (Å²) in [5, 5.41) is 0.831. The first-order valence-electron chi connectivity index (χ1n) is 9.03. The summed E-state index contributed by atoms with van der Waals surface area (Å²) >= 11 is 3.40. The van der Waals surface area contributed by atoms with Gasteiger partial charge in [-0.2, -0.15) is 0 Å². The molecule has 2 aromatic heterocycles. The maximum absolute atomic E-state index is 12.4. The highest BCUT2D eigenvalue weighted by molar-refractivity contribution is 9.10. The Morgan fingerprint density at radius 2 is 1.75 bits per heavy atom. The van der Waals surface area contributed by atoms with E-state index in [0.717, 1.165) is 22.9 Å². The lowest BCUT2D eigenvalue weighted by atomic mass is 10.1. The van der Waals surface area contributed by atoms with Gasteiger partial charge in [0.05, 0.1) is 6.54 Å². The predicted molar refractivity (Wildman–Crippen MR) is 109 cm³/mol. The summed E-state index contributed by atoms with van der Waals surface area (Å²) in [6.07, 6.45) is 0. The van der Waals surface area contributed by atoms with Crippen molar-refractivity contribution in [2.75, 3.05) is 13.1 Å². The minimum Gasteiger partial charge on any atom is -0.454 e. The van der Waals surface area contributed by atoms with E-state index in [2.05, 4.69) is 45.5 Å². The van der Waals surface area contributed by atoms with E-state index < -0.39 is 11.8 Å². The molecule has 7 nitrogen and oxygen atoms in total. The summed E-state index contributed by atoms with van der Waals surface area (Å²) < 4.78 is 12.1. The average molecular weight is 448 g/mol. The van der Waals surface area contributed by atoms with Crippen LogP contribution in [0.1, 0.15) is 46.3 Å². The van der Waals surface area contributed by atoms with Crippen LogP contribution in [0.3, 0.4) is 0 Å². The van der Waals surface area contributed by atoms with Crippen molar-refractivity contribution >= 4 is 38.7 Å². The van der Waals surface area contributed by atoms with Crippen molar-refractivity contribution in [1.82, 2.24) is 15.8 Å². The summed E-state index contributed by atoms with van der Waals surface area (Å²) in [4.78, 5) is 26.8. The number of carbonyl (C=O) groups is 2. The van der Waals surface area contributed by atoms with Gasteiger partial charge in [0.15, 0.2) is 11.5 Å². The summed E-state index contributed by atoms with van der Waals surface area (Å²) in [6, 6.07) is 8.84. The second-order valence-electron chi connectivity index (χ2n) is 6.33. The SMILES string of the molecule is CCN(CC)Cc1ccc(C(=O)NNC(=O)c2oc3ccc(Br)cc3c2C)o1. The Kier molecular flexibility index (Phi) is 6.21. The summed E-state index contributed by atoms with van der Waals surface area (Å²) in [5.74, 6) is -0.0922. The van der Waals surface area contributed by atoms with Crippen LogP contribution in [0.2, 0.25) is 0 Å². The molecular weight excluding hydrogens is 426 g/mol. The zero-order chi connectivity index (χ0) is 20.3. The monoisotopic (exact) mass is 447 g/mol. The fraction of sp³-hybridized carbons (Fsp3) is 0.300. The van der Waals surface area contributed by atoms with Crippen LogP contribution in [-0.4, -0.2) is 29.8 Å². The number of hydrogen-bond acceptors (Lipinski definition) is 5. The molecule has 0 saturated carbocycles. The van der Waals surface area contributed by atoms with Crippen molar-refractivity contribution < 1.29 is 18.4 Å². The first kappa shape index (κ1) is 20.2. The predicted octanol–water partition coefficient (Wildman–Crippen LogP) is 4.01.